The minimum absolute atomic E-state index is 0.260. The number of piperidine rings is 1. The molecule has 0 amide bonds. The Labute approximate surface area is 111 Å². The minimum atomic E-state index is -0.707. The summed E-state index contributed by atoms with van der Waals surface area (Å²) < 4.78 is 4.66. The van der Waals surface area contributed by atoms with Crippen molar-refractivity contribution in [2.75, 3.05) is 18.6 Å². The number of esters is 1. The maximum atomic E-state index is 11.5. The van der Waals surface area contributed by atoms with Gasteiger partial charge in [0.25, 0.3) is 6.17 Å². The van der Waals surface area contributed by atoms with Crippen LogP contribution in [0.2, 0.25) is 0 Å². The Morgan fingerprint density at radius 1 is 1.47 bits per heavy atom. The van der Waals surface area contributed by atoms with Gasteiger partial charge in [-0.15, -0.1) is 0 Å². The van der Waals surface area contributed by atoms with E-state index in [1.807, 2.05) is 0 Å². The second-order valence-corrected chi connectivity index (χ2v) is 4.50. The lowest BCUT2D eigenvalue weighted by Crippen LogP contribution is -2.44. The van der Waals surface area contributed by atoms with Gasteiger partial charge in [0.2, 0.25) is 0 Å². The largest absolute Gasteiger partial charge is 0.465 e. The van der Waals surface area contributed by atoms with Gasteiger partial charge in [-0.3, -0.25) is 10.1 Å². The van der Waals surface area contributed by atoms with Crippen LogP contribution in [0.1, 0.15) is 29.6 Å². The van der Waals surface area contributed by atoms with E-state index in [0.717, 1.165) is 12.8 Å². The molecule has 0 N–H and O–H groups in total. The molecule has 0 spiro atoms. The van der Waals surface area contributed by atoms with Crippen molar-refractivity contribution in [1.82, 2.24) is 0 Å². The molecule has 0 aliphatic carbocycles. The summed E-state index contributed by atoms with van der Waals surface area (Å²) in [5, 5.41) is 11.1. The third-order valence-corrected chi connectivity index (χ3v) is 3.31. The molecule has 2 rings (SSSR count). The molecule has 1 aromatic carbocycles. The lowest BCUT2D eigenvalue weighted by Gasteiger charge is -2.31. The van der Waals surface area contributed by atoms with Gasteiger partial charge >= 0.3 is 5.97 Å². The fourth-order valence-electron chi connectivity index (χ4n) is 2.36. The van der Waals surface area contributed by atoms with Crippen molar-refractivity contribution in [3.63, 3.8) is 0 Å². The standard InChI is InChI=1S/C13H16N2O4/c1-19-13(16)10-5-4-6-11(9-10)14-8-3-2-7-12(14)15(17)18/h4-6,9,12H,2-3,7-8H2,1H3. The number of benzene rings is 1. The number of rotatable bonds is 3. The molecule has 1 atom stereocenters. The highest BCUT2D eigenvalue weighted by atomic mass is 16.6. The van der Waals surface area contributed by atoms with Crippen LogP contribution in [0.15, 0.2) is 24.3 Å². The molecule has 1 heterocycles. The number of anilines is 1. The molecular formula is C13H16N2O4. The second-order valence-electron chi connectivity index (χ2n) is 4.50. The second kappa shape index (κ2) is 5.69. The fourth-order valence-corrected chi connectivity index (χ4v) is 2.36. The van der Waals surface area contributed by atoms with Crippen LogP contribution in [0, 0.1) is 10.1 Å². The van der Waals surface area contributed by atoms with Gasteiger partial charge in [0, 0.05) is 23.6 Å². The van der Waals surface area contributed by atoms with Gasteiger partial charge in [0.1, 0.15) is 0 Å². The molecule has 1 aromatic rings. The van der Waals surface area contributed by atoms with Gasteiger partial charge in [-0.1, -0.05) is 6.07 Å². The number of carbonyl (C=O) groups is 1. The highest BCUT2D eigenvalue weighted by Gasteiger charge is 2.31. The molecule has 102 valence electrons. The third kappa shape index (κ3) is 2.83. The van der Waals surface area contributed by atoms with E-state index in [-0.39, 0.29) is 4.92 Å². The molecule has 1 aliphatic heterocycles. The maximum Gasteiger partial charge on any atom is 0.337 e. The van der Waals surface area contributed by atoms with Gasteiger partial charge in [-0.2, -0.15) is 0 Å². The normalized spacial score (nSPS) is 19.0. The van der Waals surface area contributed by atoms with Crippen LogP contribution in [-0.2, 0) is 4.74 Å². The van der Waals surface area contributed by atoms with E-state index in [2.05, 4.69) is 4.74 Å². The predicted molar refractivity (Wildman–Crippen MR) is 69.8 cm³/mol. The van der Waals surface area contributed by atoms with Crippen molar-refractivity contribution in [3.8, 4) is 0 Å². The zero-order valence-electron chi connectivity index (χ0n) is 10.7. The highest BCUT2D eigenvalue weighted by Crippen LogP contribution is 2.26. The van der Waals surface area contributed by atoms with Crippen LogP contribution in [0.4, 0.5) is 5.69 Å². The van der Waals surface area contributed by atoms with Gasteiger partial charge in [-0.05, 0) is 31.0 Å². The summed E-state index contributed by atoms with van der Waals surface area (Å²) in [6.45, 7) is 0.635. The Morgan fingerprint density at radius 3 is 2.95 bits per heavy atom. The number of nitro groups is 1. The summed E-state index contributed by atoms with van der Waals surface area (Å²) >= 11 is 0. The van der Waals surface area contributed by atoms with Gasteiger partial charge in [0.05, 0.1) is 12.7 Å². The van der Waals surface area contributed by atoms with Crippen molar-refractivity contribution in [2.24, 2.45) is 0 Å². The molecule has 0 radical (unpaired) electrons. The van der Waals surface area contributed by atoms with Crippen LogP contribution < -0.4 is 4.90 Å². The van der Waals surface area contributed by atoms with Crippen LogP contribution in [0.3, 0.4) is 0 Å². The van der Waals surface area contributed by atoms with E-state index >= 15 is 0 Å². The number of hydrogen-bond donors (Lipinski definition) is 0. The summed E-state index contributed by atoms with van der Waals surface area (Å²) in [4.78, 5) is 24.1. The average molecular weight is 264 g/mol. The van der Waals surface area contributed by atoms with E-state index < -0.39 is 12.1 Å². The maximum absolute atomic E-state index is 11.5. The van der Waals surface area contributed by atoms with E-state index in [1.54, 1.807) is 29.2 Å². The Balaban J connectivity index is 2.29. The Kier molecular flexibility index (Phi) is 3.99. The SMILES string of the molecule is COC(=O)c1cccc(N2CCCCC2[N+](=O)[O-])c1. The van der Waals surface area contributed by atoms with E-state index in [9.17, 15) is 14.9 Å². The van der Waals surface area contributed by atoms with Crippen molar-refractivity contribution < 1.29 is 14.5 Å². The molecule has 1 saturated heterocycles. The van der Waals surface area contributed by atoms with Crippen molar-refractivity contribution in [1.29, 1.82) is 0 Å². The molecule has 19 heavy (non-hydrogen) atoms. The first-order valence-corrected chi connectivity index (χ1v) is 6.22. The number of ether oxygens (including phenoxy) is 1. The lowest BCUT2D eigenvalue weighted by molar-refractivity contribution is -0.524. The first kappa shape index (κ1) is 13.3. The van der Waals surface area contributed by atoms with Crippen molar-refractivity contribution >= 4 is 11.7 Å². The summed E-state index contributed by atoms with van der Waals surface area (Å²) in [5.74, 6) is -0.434. The molecule has 0 saturated carbocycles. The summed E-state index contributed by atoms with van der Waals surface area (Å²) in [5.41, 5.74) is 1.11. The summed E-state index contributed by atoms with van der Waals surface area (Å²) in [6.07, 6.45) is 1.61. The lowest BCUT2D eigenvalue weighted by atomic mass is 10.1. The van der Waals surface area contributed by atoms with E-state index in [0.29, 0.717) is 24.2 Å². The Bertz CT molecular complexity index is 489. The van der Waals surface area contributed by atoms with Crippen LogP contribution in [0.5, 0.6) is 0 Å². The molecule has 0 bridgehead atoms. The predicted octanol–water partition coefficient (Wildman–Crippen LogP) is 2.07. The van der Waals surface area contributed by atoms with E-state index in [4.69, 9.17) is 0 Å². The zero-order chi connectivity index (χ0) is 13.8. The minimum Gasteiger partial charge on any atom is -0.465 e. The summed E-state index contributed by atoms with van der Waals surface area (Å²) in [6, 6.07) is 6.79. The zero-order valence-corrected chi connectivity index (χ0v) is 10.7. The summed E-state index contributed by atoms with van der Waals surface area (Å²) in [7, 11) is 1.32. The topological polar surface area (TPSA) is 72.7 Å². The van der Waals surface area contributed by atoms with Crippen molar-refractivity contribution in [2.45, 2.75) is 25.4 Å². The monoisotopic (exact) mass is 264 g/mol. The van der Waals surface area contributed by atoms with Crippen LogP contribution in [-0.4, -0.2) is 30.7 Å². The molecule has 6 heteroatoms. The first-order valence-electron chi connectivity index (χ1n) is 6.22. The van der Waals surface area contributed by atoms with Crippen LogP contribution >= 0.6 is 0 Å². The Morgan fingerprint density at radius 2 is 2.26 bits per heavy atom. The molecular weight excluding hydrogens is 248 g/mol. The fraction of sp³-hybridized carbons (Fsp3) is 0.462. The van der Waals surface area contributed by atoms with Gasteiger partial charge in [0.15, 0.2) is 0 Å². The van der Waals surface area contributed by atoms with E-state index in [1.165, 1.54) is 7.11 Å². The quantitative estimate of drug-likeness (QED) is 0.474. The number of nitrogens with zero attached hydrogens (tertiary/aromatic N) is 2. The third-order valence-electron chi connectivity index (χ3n) is 3.31. The number of hydrogen-bond acceptors (Lipinski definition) is 5. The highest BCUT2D eigenvalue weighted by molar-refractivity contribution is 5.90. The van der Waals surface area contributed by atoms with Crippen LogP contribution in [0.25, 0.3) is 0 Å². The smallest absolute Gasteiger partial charge is 0.337 e. The number of methoxy groups -OCH3 is 1. The van der Waals surface area contributed by atoms with Crippen molar-refractivity contribution in [3.05, 3.63) is 39.9 Å². The van der Waals surface area contributed by atoms with Gasteiger partial charge < -0.3 is 9.64 Å². The average Bonchev–Trinajstić information content (AvgIpc) is 2.46. The molecule has 1 unspecified atom stereocenters. The molecule has 1 fully saturated rings. The molecule has 6 nitrogen and oxygen atoms in total. The molecule has 0 aromatic heterocycles. The molecule has 1 aliphatic rings. The Hall–Kier alpha value is -2.11. The number of carbonyl (C=O) groups excluding carboxylic acids is 1. The first-order chi connectivity index (χ1) is 9.13. The van der Waals surface area contributed by atoms with Gasteiger partial charge in [-0.25, -0.2) is 4.79 Å².